The fraction of sp³-hybridized carbons (Fsp3) is 0.689. The maximum Gasteiger partial charge on any atom is 0.328 e. The summed E-state index contributed by atoms with van der Waals surface area (Å²) in [6.45, 7) is 3.39. The second-order valence-corrected chi connectivity index (χ2v) is 18.5. The first kappa shape index (κ1) is 56.2. The van der Waals surface area contributed by atoms with E-state index in [1.165, 1.54) is 34.1 Å². The van der Waals surface area contributed by atoms with Crippen LogP contribution in [0, 0.1) is 5.92 Å². The molecule has 12 N–H and O–H groups in total. The van der Waals surface area contributed by atoms with E-state index in [0.29, 0.717) is 57.3 Å². The van der Waals surface area contributed by atoms with Gasteiger partial charge in [-0.2, -0.15) is 0 Å². The highest BCUT2D eigenvalue weighted by Gasteiger charge is 2.42. The van der Waals surface area contributed by atoms with Crippen LogP contribution in [-0.2, 0) is 59.2 Å². The molecule has 4 aliphatic rings. The number of hydrogen-bond acceptors (Lipinski definition) is 15. The number of nitrogens with one attached hydrogen (secondary N) is 9. The second kappa shape index (κ2) is 26.6. The summed E-state index contributed by atoms with van der Waals surface area (Å²) in [4.78, 5) is 156. The third-order valence-electron chi connectivity index (χ3n) is 13.5. The van der Waals surface area contributed by atoms with Crippen molar-refractivity contribution in [3.63, 3.8) is 0 Å². The third kappa shape index (κ3) is 14.7. The number of carboxylic acids is 1. The van der Waals surface area contributed by atoms with Crippen molar-refractivity contribution >= 4 is 65.0 Å². The molecule has 27 heteroatoms. The SMILES string of the molecule is CC[C@H](C)[C@H](NC(=O)[C@@H]1CCCN1C(=O)[C@H](C)NC(=O)[C@H](CO)NC(=O)[C@@H]1CCCN1C(=O)[C@@H]1CCCN1)C(=O)NCC(=O)N1CCC[C@H]1C(=O)N[C@@H](Cc1cnc[nH]1)C(=O)NCC(=O)N[C@@H](CO)C(=O)O. The van der Waals surface area contributed by atoms with Crippen LogP contribution in [0.25, 0.3) is 0 Å². The van der Waals surface area contributed by atoms with Gasteiger partial charge in [-0.15, -0.1) is 0 Å². The zero-order valence-corrected chi connectivity index (χ0v) is 40.8. The number of aliphatic hydroxyl groups excluding tert-OH is 2. The van der Waals surface area contributed by atoms with Gasteiger partial charge in [-0.3, -0.25) is 47.9 Å². The maximum atomic E-state index is 13.9. The topological polar surface area (TPSA) is 383 Å². The summed E-state index contributed by atoms with van der Waals surface area (Å²) in [7, 11) is 0. The molecular weight excluding hydrogens is 947 g/mol. The lowest BCUT2D eigenvalue weighted by atomic mass is 9.97. The Kier molecular flexibility index (Phi) is 20.8. The van der Waals surface area contributed by atoms with Crippen LogP contribution in [0.1, 0.15) is 84.3 Å². The lowest BCUT2D eigenvalue weighted by molar-refractivity contribution is -0.143. The molecule has 4 aliphatic heterocycles. The van der Waals surface area contributed by atoms with Crippen LogP contribution in [0.5, 0.6) is 0 Å². The highest BCUT2D eigenvalue weighted by molar-refractivity contribution is 5.98. The zero-order chi connectivity index (χ0) is 52.6. The molecule has 0 unspecified atom stereocenters. The number of nitrogens with zero attached hydrogens (tertiary/aromatic N) is 4. The predicted molar refractivity (Wildman–Crippen MR) is 250 cm³/mol. The number of amides is 10. The van der Waals surface area contributed by atoms with E-state index in [4.69, 9.17) is 5.11 Å². The summed E-state index contributed by atoms with van der Waals surface area (Å²) in [5.74, 6) is -8.60. The molecule has 1 aromatic heterocycles. The highest BCUT2D eigenvalue weighted by atomic mass is 16.4. The number of rotatable bonds is 24. The Bertz CT molecular complexity index is 2140. The van der Waals surface area contributed by atoms with Gasteiger partial charge in [0.15, 0.2) is 0 Å². The Balaban J connectivity index is 1.13. The number of aromatic amines is 1. The Morgan fingerprint density at radius 1 is 0.681 bits per heavy atom. The van der Waals surface area contributed by atoms with E-state index >= 15 is 0 Å². The van der Waals surface area contributed by atoms with Crippen molar-refractivity contribution < 1.29 is 68.1 Å². The normalized spacial score (nSPS) is 22.1. The van der Waals surface area contributed by atoms with E-state index in [0.717, 1.165) is 6.42 Å². The van der Waals surface area contributed by atoms with Crippen LogP contribution in [0.2, 0.25) is 0 Å². The summed E-state index contributed by atoms with van der Waals surface area (Å²) >= 11 is 0. The number of carboxylic acid groups (broad SMARTS) is 1. The van der Waals surface area contributed by atoms with Gasteiger partial charge < -0.3 is 77.5 Å². The Labute approximate surface area is 415 Å². The monoisotopic (exact) mass is 1020 g/mol. The van der Waals surface area contributed by atoms with Crippen LogP contribution in [0.3, 0.4) is 0 Å². The van der Waals surface area contributed by atoms with Gasteiger partial charge in [-0.25, -0.2) is 9.78 Å². The van der Waals surface area contributed by atoms with Gasteiger partial charge in [0.05, 0.1) is 38.7 Å². The number of aliphatic hydroxyl groups is 2. The molecule has 0 bridgehead atoms. The van der Waals surface area contributed by atoms with E-state index in [-0.39, 0.29) is 44.3 Å². The number of likely N-dealkylation sites (tertiary alicyclic amines) is 3. The third-order valence-corrected chi connectivity index (χ3v) is 13.5. The minimum atomic E-state index is -1.60. The van der Waals surface area contributed by atoms with Gasteiger partial charge >= 0.3 is 5.97 Å². The molecule has 398 valence electrons. The lowest BCUT2D eigenvalue weighted by Crippen LogP contribution is -2.59. The molecule has 5 heterocycles. The Morgan fingerprint density at radius 2 is 1.26 bits per heavy atom. The molecule has 5 rings (SSSR count). The van der Waals surface area contributed by atoms with Crippen molar-refractivity contribution in [2.45, 2.75) is 139 Å². The molecule has 0 radical (unpaired) electrons. The van der Waals surface area contributed by atoms with E-state index in [1.807, 2.05) is 0 Å². The number of H-pyrrole nitrogens is 1. The molecule has 0 saturated carbocycles. The van der Waals surface area contributed by atoms with E-state index in [2.05, 4.69) is 52.5 Å². The molecule has 10 atom stereocenters. The van der Waals surface area contributed by atoms with Crippen molar-refractivity contribution in [1.29, 1.82) is 0 Å². The molecule has 4 saturated heterocycles. The van der Waals surface area contributed by atoms with Crippen molar-refractivity contribution in [3.05, 3.63) is 18.2 Å². The largest absolute Gasteiger partial charge is 0.480 e. The standard InChI is InChI=1S/C45H69N13O14/c1-4-24(2)36(42(68)49-20-35(62)56-14-6-10-31(56)39(65)53-28(17-26-18-46-23-50-26)37(63)48-19-34(61)52-30(22-60)45(71)72)55-41(67)33-12-7-15-57(33)43(69)25(3)51-38(64)29(21-59)54-40(66)32-11-8-16-58(32)44(70)27-9-5-13-47-27/h18,23-25,27-33,36,47,59-60H,4-17,19-22H2,1-3H3,(H,46,50)(H,48,63)(H,49,68)(H,51,64)(H,52,61)(H,53,65)(H,54,66)(H,55,67)(H,71,72)/t24-,25-,27-,28-,29-,30-,31-,32-,33-,36-/m0/s1. The number of aromatic nitrogens is 2. The smallest absolute Gasteiger partial charge is 0.328 e. The highest BCUT2D eigenvalue weighted by Crippen LogP contribution is 2.23. The quantitative estimate of drug-likeness (QED) is 0.0460. The number of hydrogen-bond donors (Lipinski definition) is 12. The van der Waals surface area contributed by atoms with Gasteiger partial charge in [-0.1, -0.05) is 20.3 Å². The van der Waals surface area contributed by atoms with Crippen LogP contribution in [-0.4, -0.2) is 212 Å². The molecular formula is C45H69N13O14. The van der Waals surface area contributed by atoms with Crippen molar-refractivity contribution in [1.82, 2.24) is 67.2 Å². The minimum Gasteiger partial charge on any atom is -0.480 e. The van der Waals surface area contributed by atoms with Crippen molar-refractivity contribution in [2.24, 2.45) is 5.92 Å². The summed E-state index contributed by atoms with van der Waals surface area (Å²) in [5.41, 5.74) is 0.442. The number of carbonyl (C=O) groups excluding carboxylic acids is 10. The van der Waals surface area contributed by atoms with Crippen LogP contribution < -0.4 is 42.5 Å². The van der Waals surface area contributed by atoms with Gasteiger partial charge in [0.1, 0.15) is 48.3 Å². The summed E-state index contributed by atoms with van der Waals surface area (Å²) in [6, 6.07) is -9.95. The Morgan fingerprint density at radius 3 is 1.85 bits per heavy atom. The average Bonchev–Trinajstić information content (AvgIpc) is 4.24. The molecule has 1 aromatic rings. The van der Waals surface area contributed by atoms with Gasteiger partial charge in [-0.05, 0) is 70.8 Å². The van der Waals surface area contributed by atoms with E-state index in [9.17, 15) is 63.0 Å². The summed E-state index contributed by atoms with van der Waals surface area (Å²) in [6.07, 6.45) is 6.86. The number of imidazole rings is 1. The fourth-order valence-electron chi connectivity index (χ4n) is 9.27. The predicted octanol–water partition coefficient (Wildman–Crippen LogP) is -5.53. The van der Waals surface area contributed by atoms with E-state index < -0.39 is 140 Å². The second-order valence-electron chi connectivity index (χ2n) is 18.5. The minimum absolute atomic E-state index is 0.106. The van der Waals surface area contributed by atoms with Gasteiger partial charge in [0, 0.05) is 37.9 Å². The first-order chi connectivity index (χ1) is 34.4. The first-order valence-corrected chi connectivity index (χ1v) is 24.5. The Hall–Kier alpha value is -6.74. The molecule has 27 nitrogen and oxygen atoms in total. The molecule has 72 heavy (non-hydrogen) atoms. The summed E-state index contributed by atoms with van der Waals surface area (Å²) < 4.78 is 0. The van der Waals surface area contributed by atoms with Crippen molar-refractivity contribution in [3.8, 4) is 0 Å². The van der Waals surface area contributed by atoms with Gasteiger partial charge in [0.25, 0.3) is 0 Å². The average molecular weight is 1020 g/mol. The van der Waals surface area contributed by atoms with Crippen LogP contribution in [0.15, 0.2) is 12.5 Å². The molecule has 0 aromatic carbocycles. The molecule has 0 spiro atoms. The first-order valence-electron chi connectivity index (χ1n) is 24.5. The fourth-order valence-corrected chi connectivity index (χ4v) is 9.27. The number of carbonyl (C=O) groups is 11. The lowest BCUT2D eigenvalue weighted by Gasteiger charge is -2.31. The zero-order valence-electron chi connectivity index (χ0n) is 40.8. The maximum absolute atomic E-state index is 13.9. The van der Waals surface area contributed by atoms with Gasteiger partial charge in [0.2, 0.25) is 59.1 Å². The number of aliphatic carboxylic acids is 1. The molecule has 10 amide bonds. The summed E-state index contributed by atoms with van der Waals surface area (Å²) in [5, 5.41) is 48.9. The van der Waals surface area contributed by atoms with Crippen LogP contribution >= 0.6 is 0 Å². The van der Waals surface area contributed by atoms with E-state index in [1.54, 1.807) is 13.8 Å². The molecule has 0 aliphatic carbocycles. The molecule has 4 fully saturated rings. The van der Waals surface area contributed by atoms with Crippen LogP contribution in [0.4, 0.5) is 0 Å². The van der Waals surface area contributed by atoms with Crippen molar-refractivity contribution in [2.75, 3.05) is 52.5 Å².